The van der Waals surface area contributed by atoms with E-state index in [0.717, 1.165) is 30.4 Å². The Kier molecular flexibility index (Phi) is 3.24. The molecule has 0 radical (unpaired) electrons. The largest absolute Gasteiger partial charge is 0.393 e. The summed E-state index contributed by atoms with van der Waals surface area (Å²) < 4.78 is 0. The molecule has 0 saturated heterocycles. The van der Waals surface area contributed by atoms with Crippen LogP contribution in [0, 0.1) is 11.3 Å². The Morgan fingerprint density at radius 1 is 1.39 bits per heavy atom. The number of carbonyl (C=O) groups excluding carboxylic acids is 1. The van der Waals surface area contributed by atoms with E-state index in [2.05, 4.69) is 0 Å². The van der Waals surface area contributed by atoms with Gasteiger partial charge in [-0.3, -0.25) is 4.79 Å². The second kappa shape index (κ2) is 4.32. The van der Waals surface area contributed by atoms with E-state index in [1.165, 1.54) is 0 Å². The molecule has 3 heteroatoms. The van der Waals surface area contributed by atoms with Gasteiger partial charge in [-0.1, -0.05) is 11.1 Å². The molecule has 0 aromatic carbocycles. The minimum absolute atomic E-state index is 0.0630. The molecule has 0 bridgehead atoms. The van der Waals surface area contributed by atoms with Gasteiger partial charge in [0.05, 0.1) is 12.2 Å². The molecule has 2 aliphatic carbocycles. The van der Waals surface area contributed by atoms with E-state index >= 15 is 0 Å². The van der Waals surface area contributed by atoms with E-state index in [1.807, 2.05) is 13.8 Å². The third-order valence-electron chi connectivity index (χ3n) is 4.94. The van der Waals surface area contributed by atoms with Gasteiger partial charge in [0, 0.05) is 5.41 Å². The molecule has 1 saturated carbocycles. The van der Waals surface area contributed by atoms with Crippen LogP contribution in [0.15, 0.2) is 23.3 Å². The molecule has 0 amide bonds. The van der Waals surface area contributed by atoms with Gasteiger partial charge in [0.25, 0.3) is 0 Å². The Labute approximate surface area is 108 Å². The highest BCUT2D eigenvalue weighted by Gasteiger charge is 2.48. The molecule has 2 atom stereocenters. The van der Waals surface area contributed by atoms with Crippen LogP contribution in [0.4, 0.5) is 0 Å². The lowest BCUT2D eigenvalue weighted by molar-refractivity contribution is -0.110. The number of hydrogen-bond donors (Lipinski definition) is 2. The summed E-state index contributed by atoms with van der Waals surface area (Å²) in [6, 6.07) is 0. The zero-order valence-corrected chi connectivity index (χ0v) is 11.4. The summed E-state index contributed by atoms with van der Waals surface area (Å²) in [5, 5.41) is 19.5. The summed E-state index contributed by atoms with van der Waals surface area (Å²) >= 11 is 0. The van der Waals surface area contributed by atoms with Crippen molar-refractivity contribution < 1.29 is 15.0 Å². The minimum atomic E-state index is -1.02. The van der Waals surface area contributed by atoms with E-state index < -0.39 is 5.60 Å². The summed E-state index contributed by atoms with van der Waals surface area (Å²) in [7, 11) is 0. The monoisotopic (exact) mass is 250 g/mol. The van der Waals surface area contributed by atoms with E-state index in [4.69, 9.17) is 0 Å². The summed E-state index contributed by atoms with van der Waals surface area (Å²) in [4.78, 5) is 11.5. The van der Waals surface area contributed by atoms with Gasteiger partial charge in [-0.15, -0.1) is 0 Å². The predicted molar refractivity (Wildman–Crippen MR) is 70.0 cm³/mol. The number of aliphatic hydroxyl groups excluding tert-OH is 1. The molecule has 18 heavy (non-hydrogen) atoms. The molecule has 2 aliphatic rings. The lowest BCUT2D eigenvalue weighted by atomic mass is 9.69. The Hall–Kier alpha value is -0.930. The van der Waals surface area contributed by atoms with Gasteiger partial charge in [-0.05, 0) is 58.1 Å². The first-order valence-corrected chi connectivity index (χ1v) is 6.56. The minimum Gasteiger partial charge on any atom is -0.393 e. The first-order valence-electron chi connectivity index (χ1n) is 6.56. The molecule has 3 nitrogen and oxygen atoms in total. The van der Waals surface area contributed by atoms with Gasteiger partial charge in [-0.25, -0.2) is 0 Å². The molecule has 0 heterocycles. The van der Waals surface area contributed by atoms with Crippen molar-refractivity contribution in [1.82, 2.24) is 0 Å². The first kappa shape index (κ1) is 13.5. The third-order valence-corrected chi connectivity index (χ3v) is 4.94. The van der Waals surface area contributed by atoms with Crippen LogP contribution in [0.2, 0.25) is 0 Å². The summed E-state index contributed by atoms with van der Waals surface area (Å²) in [6.45, 7) is 5.50. The maximum Gasteiger partial charge on any atom is 0.178 e. The van der Waals surface area contributed by atoms with Gasteiger partial charge in [-0.2, -0.15) is 0 Å². The van der Waals surface area contributed by atoms with Crippen molar-refractivity contribution in [1.29, 1.82) is 0 Å². The van der Waals surface area contributed by atoms with Crippen LogP contribution in [0.5, 0.6) is 0 Å². The number of ketones is 1. The Balaban J connectivity index is 2.29. The first-order chi connectivity index (χ1) is 8.32. The van der Waals surface area contributed by atoms with Crippen molar-refractivity contribution in [3.63, 3.8) is 0 Å². The van der Waals surface area contributed by atoms with Crippen molar-refractivity contribution in [3.05, 3.63) is 23.3 Å². The zero-order valence-electron chi connectivity index (χ0n) is 11.4. The fourth-order valence-corrected chi connectivity index (χ4v) is 3.48. The fourth-order valence-electron chi connectivity index (χ4n) is 3.48. The molecular formula is C15H22O3. The number of allylic oxidation sites excluding steroid dienone is 4. The van der Waals surface area contributed by atoms with Gasteiger partial charge in [0.1, 0.15) is 0 Å². The molecular weight excluding hydrogens is 228 g/mol. The van der Waals surface area contributed by atoms with E-state index in [0.29, 0.717) is 0 Å². The smallest absolute Gasteiger partial charge is 0.178 e. The number of hydrogen-bond acceptors (Lipinski definition) is 3. The lowest BCUT2D eigenvalue weighted by Crippen LogP contribution is -2.38. The van der Waals surface area contributed by atoms with Gasteiger partial charge >= 0.3 is 0 Å². The van der Waals surface area contributed by atoms with Crippen LogP contribution in [-0.4, -0.2) is 28.2 Å². The number of carbonyl (C=O) groups is 1. The highest BCUT2D eigenvalue weighted by atomic mass is 16.3. The second-order valence-corrected chi connectivity index (χ2v) is 6.09. The van der Waals surface area contributed by atoms with E-state index in [9.17, 15) is 15.0 Å². The lowest BCUT2D eigenvalue weighted by Gasteiger charge is -2.36. The average molecular weight is 250 g/mol. The predicted octanol–water partition coefficient (Wildman–Crippen LogP) is 1.99. The van der Waals surface area contributed by atoms with Gasteiger partial charge < -0.3 is 10.2 Å². The highest BCUT2D eigenvalue weighted by Crippen LogP contribution is 2.55. The van der Waals surface area contributed by atoms with Crippen LogP contribution in [0.3, 0.4) is 0 Å². The SMILES string of the molecule is CC1=CC(=O)C=C(C)C12CCC([C@](C)(O)CO)C2. The topological polar surface area (TPSA) is 57.5 Å². The van der Waals surface area contributed by atoms with Crippen molar-refractivity contribution in [2.75, 3.05) is 6.61 Å². The molecule has 2 rings (SSSR count). The second-order valence-electron chi connectivity index (χ2n) is 6.09. The average Bonchev–Trinajstić information content (AvgIpc) is 2.73. The number of rotatable bonds is 2. The van der Waals surface area contributed by atoms with Crippen molar-refractivity contribution in [3.8, 4) is 0 Å². The van der Waals surface area contributed by atoms with Crippen LogP contribution < -0.4 is 0 Å². The Bertz CT molecular complexity index is 407. The molecule has 1 unspecified atom stereocenters. The Morgan fingerprint density at radius 3 is 2.44 bits per heavy atom. The van der Waals surface area contributed by atoms with Crippen LogP contribution in [0.1, 0.15) is 40.0 Å². The van der Waals surface area contributed by atoms with Crippen LogP contribution in [0.25, 0.3) is 0 Å². The summed E-state index contributed by atoms with van der Waals surface area (Å²) in [6.07, 6.45) is 6.08. The Morgan fingerprint density at radius 2 is 1.94 bits per heavy atom. The maximum absolute atomic E-state index is 11.5. The highest BCUT2D eigenvalue weighted by molar-refractivity contribution is 6.01. The van der Waals surface area contributed by atoms with E-state index in [-0.39, 0.29) is 23.7 Å². The fraction of sp³-hybridized carbons (Fsp3) is 0.667. The standard InChI is InChI=1S/C15H22O3/c1-10-6-13(17)7-11(2)15(10)5-4-12(8-15)14(3,18)9-16/h6-7,12,16,18H,4-5,8-9H2,1-3H3/t12?,14-/m1/s1. The summed E-state index contributed by atoms with van der Waals surface area (Å²) in [5.74, 6) is 0.149. The van der Waals surface area contributed by atoms with E-state index in [1.54, 1.807) is 19.1 Å². The zero-order chi connectivity index (χ0) is 13.6. The normalized spacial score (nSPS) is 30.1. The van der Waals surface area contributed by atoms with Crippen molar-refractivity contribution in [2.24, 2.45) is 11.3 Å². The molecule has 0 aromatic heterocycles. The van der Waals surface area contributed by atoms with Gasteiger partial charge in [0.2, 0.25) is 0 Å². The molecule has 1 spiro atoms. The van der Waals surface area contributed by atoms with Crippen molar-refractivity contribution >= 4 is 5.78 Å². The third kappa shape index (κ3) is 1.95. The molecule has 0 aromatic rings. The van der Waals surface area contributed by atoms with Crippen LogP contribution in [-0.2, 0) is 4.79 Å². The molecule has 2 N–H and O–H groups in total. The molecule has 0 aliphatic heterocycles. The maximum atomic E-state index is 11.5. The summed E-state index contributed by atoms with van der Waals surface area (Å²) in [5.41, 5.74) is 1.11. The molecule has 1 fully saturated rings. The van der Waals surface area contributed by atoms with Crippen molar-refractivity contribution in [2.45, 2.75) is 45.6 Å². The molecule has 100 valence electrons. The number of aliphatic hydroxyl groups is 2. The van der Waals surface area contributed by atoms with Crippen LogP contribution >= 0.6 is 0 Å². The van der Waals surface area contributed by atoms with Gasteiger partial charge in [0.15, 0.2) is 5.78 Å². The quantitative estimate of drug-likeness (QED) is 0.788.